The number of ether oxygens (including phenoxy) is 1. The van der Waals surface area contributed by atoms with Gasteiger partial charge in [-0.2, -0.15) is 0 Å². The zero-order chi connectivity index (χ0) is 14.3. The van der Waals surface area contributed by atoms with Crippen molar-refractivity contribution < 1.29 is 9.53 Å². The molecule has 3 heteroatoms. The Morgan fingerprint density at radius 2 is 1.79 bits per heavy atom. The Morgan fingerprint density at radius 3 is 2.32 bits per heavy atom. The smallest absolute Gasteiger partial charge is 0.220 e. The van der Waals surface area contributed by atoms with Crippen LogP contribution in [0.4, 0.5) is 0 Å². The molecule has 0 aliphatic carbocycles. The number of hydrogen-bond donors (Lipinski definition) is 1. The lowest BCUT2D eigenvalue weighted by molar-refractivity contribution is -0.121. The van der Waals surface area contributed by atoms with Gasteiger partial charge in [0.15, 0.2) is 0 Å². The van der Waals surface area contributed by atoms with Crippen molar-refractivity contribution in [2.75, 3.05) is 0 Å². The first-order chi connectivity index (χ1) is 8.97. The third-order valence-corrected chi connectivity index (χ3v) is 2.61. The van der Waals surface area contributed by atoms with Crippen LogP contribution in [0.2, 0.25) is 0 Å². The van der Waals surface area contributed by atoms with Crippen LogP contribution in [0, 0.1) is 0 Å². The van der Waals surface area contributed by atoms with Gasteiger partial charge in [0.1, 0.15) is 5.75 Å². The van der Waals surface area contributed by atoms with E-state index in [4.69, 9.17) is 4.74 Å². The van der Waals surface area contributed by atoms with Crippen LogP contribution in [-0.4, -0.2) is 18.1 Å². The molecule has 0 saturated carbocycles. The second-order valence-corrected chi connectivity index (χ2v) is 5.39. The fraction of sp³-hybridized carbons (Fsp3) is 0.562. The molecule has 1 aromatic carbocycles. The summed E-state index contributed by atoms with van der Waals surface area (Å²) < 4.78 is 5.59. The molecule has 0 saturated heterocycles. The zero-order valence-electron chi connectivity index (χ0n) is 12.4. The molecule has 0 aliphatic heterocycles. The Labute approximate surface area is 116 Å². The van der Waals surface area contributed by atoms with Gasteiger partial charge in [-0.1, -0.05) is 12.1 Å². The average molecular weight is 263 g/mol. The van der Waals surface area contributed by atoms with Crippen molar-refractivity contribution in [3.8, 4) is 5.75 Å². The lowest BCUT2D eigenvalue weighted by Gasteiger charge is -2.10. The van der Waals surface area contributed by atoms with Gasteiger partial charge >= 0.3 is 0 Å². The largest absolute Gasteiger partial charge is 0.491 e. The third kappa shape index (κ3) is 6.85. The van der Waals surface area contributed by atoms with E-state index in [1.54, 1.807) is 0 Å². The lowest BCUT2D eigenvalue weighted by atomic mass is 10.1. The molecule has 0 bridgehead atoms. The number of carbonyl (C=O) groups excluding carboxylic acids is 1. The molecule has 0 spiro atoms. The molecule has 0 atom stereocenters. The predicted molar refractivity (Wildman–Crippen MR) is 78.4 cm³/mol. The Kier molecular flexibility index (Phi) is 6.40. The number of nitrogens with one attached hydrogen (secondary N) is 1. The molecule has 19 heavy (non-hydrogen) atoms. The minimum atomic E-state index is 0.134. The Morgan fingerprint density at radius 1 is 1.16 bits per heavy atom. The molecular formula is C16H25NO2. The van der Waals surface area contributed by atoms with E-state index in [1.165, 1.54) is 5.56 Å². The molecule has 0 aliphatic rings. The van der Waals surface area contributed by atoms with Crippen LogP contribution < -0.4 is 10.1 Å². The summed E-state index contributed by atoms with van der Waals surface area (Å²) in [5.41, 5.74) is 1.24. The maximum atomic E-state index is 11.5. The number of rotatable bonds is 7. The molecule has 1 amide bonds. The van der Waals surface area contributed by atoms with Crippen molar-refractivity contribution in [3.05, 3.63) is 29.8 Å². The molecule has 1 rings (SSSR count). The van der Waals surface area contributed by atoms with E-state index < -0.39 is 0 Å². The summed E-state index contributed by atoms with van der Waals surface area (Å²) in [5, 5.41) is 2.90. The molecule has 0 aromatic heterocycles. The van der Waals surface area contributed by atoms with Gasteiger partial charge in [-0.25, -0.2) is 0 Å². The van der Waals surface area contributed by atoms with Crippen LogP contribution in [0.25, 0.3) is 0 Å². The third-order valence-electron chi connectivity index (χ3n) is 2.61. The minimum Gasteiger partial charge on any atom is -0.491 e. The van der Waals surface area contributed by atoms with Crippen LogP contribution in [0.5, 0.6) is 5.75 Å². The summed E-state index contributed by atoms with van der Waals surface area (Å²) in [5.74, 6) is 1.03. The number of carbonyl (C=O) groups is 1. The Balaban J connectivity index is 2.32. The van der Waals surface area contributed by atoms with E-state index in [2.05, 4.69) is 17.4 Å². The summed E-state index contributed by atoms with van der Waals surface area (Å²) in [4.78, 5) is 11.5. The first-order valence-corrected chi connectivity index (χ1v) is 7.02. The highest BCUT2D eigenvalue weighted by molar-refractivity contribution is 5.76. The fourth-order valence-electron chi connectivity index (χ4n) is 1.85. The minimum absolute atomic E-state index is 0.134. The van der Waals surface area contributed by atoms with Gasteiger partial charge in [0.2, 0.25) is 5.91 Å². The van der Waals surface area contributed by atoms with Crippen LogP contribution in [0.1, 0.15) is 46.1 Å². The summed E-state index contributed by atoms with van der Waals surface area (Å²) in [7, 11) is 0. The number of hydrogen-bond acceptors (Lipinski definition) is 2. The summed E-state index contributed by atoms with van der Waals surface area (Å²) in [6, 6.07) is 8.34. The maximum Gasteiger partial charge on any atom is 0.220 e. The summed E-state index contributed by atoms with van der Waals surface area (Å²) in [6.07, 6.45) is 2.59. The van der Waals surface area contributed by atoms with Crippen LogP contribution in [0.3, 0.4) is 0 Å². The van der Waals surface area contributed by atoms with Crippen molar-refractivity contribution in [1.29, 1.82) is 0 Å². The van der Waals surface area contributed by atoms with Crippen molar-refractivity contribution in [1.82, 2.24) is 5.32 Å². The molecule has 0 radical (unpaired) electrons. The summed E-state index contributed by atoms with van der Waals surface area (Å²) in [6.45, 7) is 7.99. The van der Waals surface area contributed by atoms with Crippen molar-refractivity contribution in [2.24, 2.45) is 0 Å². The van der Waals surface area contributed by atoms with E-state index in [0.717, 1.165) is 18.6 Å². The normalized spacial score (nSPS) is 10.8. The van der Waals surface area contributed by atoms with E-state index in [-0.39, 0.29) is 18.1 Å². The number of amides is 1. The van der Waals surface area contributed by atoms with Gasteiger partial charge in [-0.15, -0.1) is 0 Å². The Bertz CT molecular complexity index is 382. The molecule has 1 aromatic rings. The highest BCUT2D eigenvalue weighted by Gasteiger charge is 2.03. The van der Waals surface area contributed by atoms with Gasteiger partial charge in [0.05, 0.1) is 6.10 Å². The maximum absolute atomic E-state index is 11.5. The lowest BCUT2D eigenvalue weighted by Crippen LogP contribution is -2.29. The molecule has 3 nitrogen and oxygen atoms in total. The van der Waals surface area contributed by atoms with Gasteiger partial charge < -0.3 is 10.1 Å². The zero-order valence-corrected chi connectivity index (χ0v) is 12.4. The van der Waals surface area contributed by atoms with E-state index in [0.29, 0.717) is 6.42 Å². The predicted octanol–water partition coefficient (Wildman–Crippen LogP) is 3.32. The number of aryl methyl sites for hydroxylation is 1. The number of benzene rings is 1. The molecule has 0 heterocycles. The topological polar surface area (TPSA) is 38.3 Å². The summed E-state index contributed by atoms with van der Waals surface area (Å²) >= 11 is 0. The highest BCUT2D eigenvalue weighted by atomic mass is 16.5. The van der Waals surface area contributed by atoms with Crippen molar-refractivity contribution in [2.45, 2.75) is 59.1 Å². The van der Waals surface area contributed by atoms with Gasteiger partial charge in [-0.05, 0) is 58.2 Å². The van der Waals surface area contributed by atoms with Gasteiger partial charge in [0.25, 0.3) is 0 Å². The van der Waals surface area contributed by atoms with Crippen molar-refractivity contribution >= 4 is 5.91 Å². The van der Waals surface area contributed by atoms with E-state index in [1.807, 2.05) is 39.8 Å². The fourth-order valence-corrected chi connectivity index (χ4v) is 1.85. The van der Waals surface area contributed by atoms with E-state index >= 15 is 0 Å². The van der Waals surface area contributed by atoms with Crippen LogP contribution in [-0.2, 0) is 11.2 Å². The second kappa shape index (κ2) is 7.82. The highest BCUT2D eigenvalue weighted by Crippen LogP contribution is 2.15. The van der Waals surface area contributed by atoms with Crippen LogP contribution in [0.15, 0.2) is 24.3 Å². The standard InChI is InChI=1S/C16H25NO2/c1-12(2)17-16(18)7-5-6-14-8-10-15(11-9-14)19-13(3)4/h8-13H,5-7H2,1-4H3,(H,17,18). The molecular weight excluding hydrogens is 238 g/mol. The SMILES string of the molecule is CC(C)NC(=O)CCCc1ccc(OC(C)C)cc1. The quantitative estimate of drug-likeness (QED) is 0.819. The second-order valence-electron chi connectivity index (χ2n) is 5.39. The molecule has 0 unspecified atom stereocenters. The van der Waals surface area contributed by atoms with Gasteiger partial charge in [0, 0.05) is 12.5 Å². The first kappa shape index (κ1) is 15.5. The van der Waals surface area contributed by atoms with Gasteiger partial charge in [-0.3, -0.25) is 4.79 Å². The first-order valence-electron chi connectivity index (χ1n) is 7.02. The molecule has 106 valence electrons. The van der Waals surface area contributed by atoms with Crippen molar-refractivity contribution in [3.63, 3.8) is 0 Å². The molecule has 1 N–H and O–H groups in total. The molecule has 0 fully saturated rings. The monoisotopic (exact) mass is 263 g/mol. The Hall–Kier alpha value is -1.51. The van der Waals surface area contributed by atoms with E-state index in [9.17, 15) is 4.79 Å². The van der Waals surface area contributed by atoms with Crippen LogP contribution >= 0.6 is 0 Å². The average Bonchev–Trinajstić information content (AvgIpc) is 2.29.